The molecule has 2 aliphatic rings. The quantitative estimate of drug-likeness (QED) is 0.370. The average Bonchev–Trinajstić information content (AvgIpc) is 3.06. The van der Waals surface area contributed by atoms with Gasteiger partial charge in [0, 0.05) is 31.7 Å². The van der Waals surface area contributed by atoms with Crippen LogP contribution in [0.3, 0.4) is 0 Å². The predicted molar refractivity (Wildman–Crippen MR) is 124 cm³/mol. The molecule has 0 spiro atoms. The topological polar surface area (TPSA) is 70.1 Å². The number of likely N-dealkylation sites (tertiary alicyclic amines) is 1. The van der Waals surface area contributed by atoms with Crippen molar-refractivity contribution in [3.05, 3.63) is 75.0 Å². The maximum atomic E-state index is 13.4. The molecular formula is C24H23Cl2FN2O4. The molecule has 0 aromatic heterocycles. The average molecular weight is 493 g/mol. The molecule has 2 fully saturated rings. The Hall–Kier alpha value is -2.45. The molecular weight excluding hydrogens is 470 g/mol. The van der Waals surface area contributed by atoms with Gasteiger partial charge in [0.1, 0.15) is 11.6 Å². The lowest BCUT2D eigenvalue weighted by atomic mass is 9.95. The van der Waals surface area contributed by atoms with E-state index in [9.17, 15) is 19.1 Å². The summed E-state index contributed by atoms with van der Waals surface area (Å²) in [4.78, 5) is 29.7. The molecule has 0 aliphatic carbocycles. The molecule has 0 radical (unpaired) electrons. The van der Waals surface area contributed by atoms with Crippen LogP contribution in [0.25, 0.3) is 5.76 Å². The molecule has 33 heavy (non-hydrogen) atoms. The van der Waals surface area contributed by atoms with E-state index in [1.807, 2.05) is 0 Å². The second-order valence-electron chi connectivity index (χ2n) is 7.98. The van der Waals surface area contributed by atoms with Crippen LogP contribution in [0, 0.1) is 5.82 Å². The molecule has 0 bridgehead atoms. The number of ether oxygens (including phenoxy) is 1. The number of hydrogen-bond donors (Lipinski definition) is 1. The third-order valence-corrected chi connectivity index (χ3v) is 6.63. The Morgan fingerprint density at radius 2 is 1.73 bits per heavy atom. The molecule has 2 aromatic carbocycles. The lowest BCUT2D eigenvalue weighted by Crippen LogP contribution is -2.38. The van der Waals surface area contributed by atoms with Gasteiger partial charge in [-0.05, 0) is 48.4 Å². The smallest absolute Gasteiger partial charge is 0.295 e. The Balaban J connectivity index is 1.69. The Morgan fingerprint density at radius 3 is 2.39 bits per heavy atom. The molecule has 2 heterocycles. The van der Waals surface area contributed by atoms with Gasteiger partial charge in [-0.1, -0.05) is 29.3 Å². The van der Waals surface area contributed by atoms with Crippen molar-refractivity contribution in [1.82, 2.24) is 9.80 Å². The Kier molecular flexibility index (Phi) is 7.34. The fourth-order valence-electron chi connectivity index (χ4n) is 4.19. The number of aliphatic hydroxyl groups excluding tert-OH is 1. The number of morpholine rings is 1. The van der Waals surface area contributed by atoms with Gasteiger partial charge >= 0.3 is 0 Å². The summed E-state index contributed by atoms with van der Waals surface area (Å²) in [6, 6.07) is 9.11. The van der Waals surface area contributed by atoms with Gasteiger partial charge in [0.25, 0.3) is 11.7 Å². The number of aliphatic hydroxyl groups is 1. The van der Waals surface area contributed by atoms with E-state index in [4.69, 9.17) is 27.9 Å². The first-order valence-corrected chi connectivity index (χ1v) is 11.4. The number of carbonyl (C=O) groups excluding carboxylic acids is 2. The van der Waals surface area contributed by atoms with Crippen LogP contribution in [0.4, 0.5) is 4.39 Å². The fourth-order valence-corrected chi connectivity index (χ4v) is 4.50. The highest BCUT2D eigenvalue weighted by Crippen LogP contribution is 2.41. The van der Waals surface area contributed by atoms with E-state index >= 15 is 0 Å². The van der Waals surface area contributed by atoms with Crippen LogP contribution in [-0.4, -0.2) is 66.0 Å². The van der Waals surface area contributed by atoms with Crippen LogP contribution in [0.1, 0.15) is 23.6 Å². The molecule has 2 aromatic rings. The summed E-state index contributed by atoms with van der Waals surface area (Å²) >= 11 is 12.3. The minimum Gasteiger partial charge on any atom is -0.507 e. The van der Waals surface area contributed by atoms with Gasteiger partial charge in [-0.15, -0.1) is 0 Å². The summed E-state index contributed by atoms with van der Waals surface area (Å²) in [7, 11) is 0. The van der Waals surface area contributed by atoms with Crippen LogP contribution >= 0.6 is 23.2 Å². The molecule has 0 unspecified atom stereocenters. The zero-order valence-electron chi connectivity index (χ0n) is 17.8. The van der Waals surface area contributed by atoms with Crippen molar-refractivity contribution in [2.45, 2.75) is 12.5 Å². The van der Waals surface area contributed by atoms with E-state index in [-0.39, 0.29) is 21.9 Å². The maximum Gasteiger partial charge on any atom is 0.295 e. The number of amides is 1. The molecule has 9 heteroatoms. The highest BCUT2D eigenvalue weighted by atomic mass is 35.5. The first-order chi connectivity index (χ1) is 15.9. The van der Waals surface area contributed by atoms with Gasteiger partial charge in [-0.2, -0.15) is 0 Å². The second kappa shape index (κ2) is 10.2. The molecule has 0 saturated carbocycles. The van der Waals surface area contributed by atoms with Crippen LogP contribution in [0.2, 0.25) is 10.0 Å². The second-order valence-corrected chi connectivity index (χ2v) is 8.79. The number of halogens is 3. The van der Waals surface area contributed by atoms with E-state index in [1.54, 1.807) is 18.2 Å². The summed E-state index contributed by atoms with van der Waals surface area (Å²) in [6.45, 7) is 4.04. The number of rotatable bonds is 6. The van der Waals surface area contributed by atoms with Gasteiger partial charge in [0.15, 0.2) is 0 Å². The molecule has 4 rings (SSSR count). The van der Waals surface area contributed by atoms with Gasteiger partial charge in [-0.25, -0.2) is 4.39 Å². The molecule has 2 aliphatic heterocycles. The van der Waals surface area contributed by atoms with Crippen molar-refractivity contribution in [3.63, 3.8) is 0 Å². The van der Waals surface area contributed by atoms with E-state index in [0.717, 1.165) is 19.6 Å². The molecule has 1 N–H and O–H groups in total. The number of carbonyl (C=O) groups is 2. The van der Waals surface area contributed by atoms with Crippen molar-refractivity contribution in [2.24, 2.45) is 0 Å². The van der Waals surface area contributed by atoms with Crippen LogP contribution < -0.4 is 0 Å². The summed E-state index contributed by atoms with van der Waals surface area (Å²) < 4.78 is 18.7. The summed E-state index contributed by atoms with van der Waals surface area (Å²) in [5.41, 5.74) is 0.739. The Labute approximate surface area is 201 Å². The van der Waals surface area contributed by atoms with E-state index in [2.05, 4.69) is 4.90 Å². The van der Waals surface area contributed by atoms with Gasteiger partial charge in [-0.3, -0.25) is 14.5 Å². The predicted octanol–water partition coefficient (Wildman–Crippen LogP) is 4.28. The highest BCUT2D eigenvalue weighted by Gasteiger charge is 2.46. The minimum atomic E-state index is -0.838. The SMILES string of the molecule is O=C1C(=O)N(CCCN2CCOCC2)[C@H](c2ccc(Cl)c(Cl)c2)C1=C(O)c1ccc(F)cc1. The maximum absolute atomic E-state index is 13.4. The zero-order chi connectivity index (χ0) is 23.5. The van der Waals surface area contributed by atoms with Crippen LogP contribution in [-0.2, 0) is 14.3 Å². The van der Waals surface area contributed by atoms with Crippen LogP contribution in [0.15, 0.2) is 48.0 Å². The third-order valence-electron chi connectivity index (χ3n) is 5.89. The third kappa shape index (κ3) is 5.06. The largest absolute Gasteiger partial charge is 0.507 e. The highest BCUT2D eigenvalue weighted by molar-refractivity contribution is 6.46. The molecule has 6 nitrogen and oxygen atoms in total. The number of nitrogens with zero attached hydrogens (tertiary/aromatic N) is 2. The van der Waals surface area contributed by atoms with E-state index in [1.165, 1.54) is 29.2 Å². The Bertz CT molecular complexity index is 1080. The van der Waals surface area contributed by atoms with Gasteiger partial charge in [0.05, 0.1) is 34.9 Å². The van der Waals surface area contributed by atoms with Crippen molar-refractivity contribution in [2.75, 3.05) is 39.4 Å². The molecule has 174 valence electrons. The van der Waals surface area contributed by atoms with Crippen molar-refractivity contribution < 1.29 is 23.8 Å². The van der Waals surface area contributed by atoms with Crippen LogP contribution in [0.5, 0.6) is 0 Å². The lowest BCUT2D eigenvalue weighted by molar-refractivity contribution is -0.140. The summed E-state index contributed by atoms with van der Waals surface area (Å²) in [5, 5.41) is 11.6. The van der Waals surface area contributed by atoms with E-state index < -0.39 is 23.5 Å². The minimum absolute atomic E-state index is 0.0589. The monoisotopic (exact) mass is 492 g/mol. The van der Waals surface area contributed by atoms with Gasteiger partial charge in [0.2, 0.25) is 0 Å². The first kappa shape index (κ1) is 23.7. The van der Waals surface area contributed by atoms with Crippen molar-refractivity contribution in [1.29, 1.82) is 0 Å². The van der Waals surface area contributed by atoms with Gasteiger partial charge < -0.3 is 14.7 Å². The zero-order valence-corrected chi connectivity index (χ0v) is 19.3. The fraction of sp³-hybridized carbons (Fsp3) is 0.333. The Morgan fingerprint density at radius 1 is 1.03 bits per heavy atom. The summed E-state index contributed by atoms with van der Waals surface area (Å²) in [6.07, 6.45) is 0.640. The molecule has 2 saturated heterocycles. The lowest BCUT2D eigenvalue weighted by Gasteiger charge is -2.29. The summed E-state index contributed by atoms with van der Waals surface area (Å²) in [5.74, 6) is -2.33. The molecule has 1 amide bonds. The number of ketones is 1. The molecule has 1 atom stereocenters. The van der Waals surface area contributed by atoms with Crippen molar-refractivity contribution >= 4 is 40.7 Å². The normalized spacial score (nSPS) is 21.1. The number of Topliss-reactive ketones (excluding diaryl/α,β-unsaturated/α-hetero) is 1. The number of benzene rings is 2. The van der Waals surface area contributed by atoms with Crippen molar-refractivity contribution in [3.8, 4) is 0 Å². The first-order valence-electron chi connectivity index (χ1n) is 10.7. The standard InChI is InChI=1S/C24H23Cl2FN2O4/c25-18-7-4-16(14-19(18)26)21-20(22(30)15-2-5-17(27)6-3-15)23(31)24(32)29(21)9-1-8-28-10-12-33-13-11-28/h2-7,14,21,30H,1,8-13H2/t21-/m1/s1. The van der Waals surface area contributed by atoms with E-state index in [0.29, 0.717) is 36.8 Å². The number of hydrogen-bond acceptors (Lipinski definition) is 5.